The topological polar surface area (TPSA) is 66.8 Å². The molecule has 0 radical (unpaired) electrons. The normalized spacial score (nSPS) is 30.6. The molecule has 0 aromatic rings. The monoisotopic (exact) mass is 283 g/mol. The van der Waals surface area contributed by atoms with Crippen LogP contribution in [0.5, 0.6) is 0 Å². The van der Waals surface area contributed by atoms with Crippen LogP contribution in [0.2, 0.25) is 0 Å². The Labute approximate surface area is 120 Å². The van der Waals surface area contributed by atoms with Gasteiger partial charge in [-0.1, -0.05) is 19.3 Å². The first-order valence-electron chi connectivity index (χ1n) is 7.50. The van der Waals surface area contributed by atoms with E-state index in [0.29, 0.717) is 24.8 Å². The SMILES string of the molecule is CC(C)(C)OC(=O)N1CC2CCCCC2C[C@@H]1C(=O)O. The molecule has 1 saturated heterocycles. The van der Waals surface area contributed by atoms with E-state index in [9.17, 15) is 14.7 Å². The van der Waals surface area contributed by atoms with Gasteiger partial charge >= 0.3 is 12.1 Å². The first kappa shape index (κ1) is 15.1. The van der Waals surface area contributed by atoms with Crippen LogP contribution in [0.3, 0.4) is 0 Å². The van der Waals surface area contributed by atoms with E-state index < -0.39 is 23.7 Å². The van der Waals surface area contributed by atoms with Crippen molar-refractivity contribution in [2.24, 2.45) is 11.8 Å². The number of fused-ring (bicyclic) bond motifs is 1. The predicted molar refractivity (Wildman–Crippen MR) is 74.4 cm³/mol. The molecule has 0 aromatic heterocycles. The van der Waals surface area contributed by atoms with Gasteiger partial charge in [-0.3, -0.25) is 4.90 Å². The van der Waals surface area contributed by atoms with E-state index in [1.165, 1.54) is 17.7 Å². The van der Waals surface area contributed by atoms with Gasteiger partial charge in [0.1, 0.15) is 11.6 Å². The van der Waals surface area contributed by atoms with Crippen LogP contribution in [0, 0.1) is 11.8 Å². The molecule has 5 heteroatoms. The lowest BCUT2D eigenvalue weighted by Gasteiger charge is -2.44. The highest BCUT2D eigenvalue weighted by atomic mass is 16.6. The largest absolute Gasteiger partial charge is 0.480 e. The molecule has 2 aliphatic rings. The third-order valence-electron chi connectivity index (χ3n) is 4.31. The van der Waals surface area contributed by atoms with E-state index in [4.69, 9.17) is 4.74 Å². The average Bonchev–Trinajstić information content (AvgIpc) is 2.35. The molecule has 2 unspecified atom stereocenters. The number of rotatable bonds is 1. The summed E-state index contributed by atoms with van der Waals surface area (Å²) in [6, 6.07) is -0.732. The number of likely N-dealkylation sites (tertiary alicyclic amines) is 1. The fourth-order valence-electron chi connectivity index (χ4n) is 3.39. The van der Waals surface area contributed by atoms with Crippen LogP contribution in [-0.2, 0) is 9.53 Å². The standard InChI is InChI=1S/C15H25NO4/c1-15(2,3)20-14(19)16-9-11-7-5-4-6-10(11)8-12(16)13(17)18/h10-12H,4-9H2,1-3H3,(H,17,18)/t10?,11?,12-/m1/s1. The molecule has 20 heavy (non-hydrogen) atoms. The van der Waals surface area contributed by atoms with Crippen molar-refractivity contribution in [1.82, 2.24) is 4.90 Å². The zero-order chi connectivity index (χ0) is 14.9. The summed E-state index contributed by atoms with van der Waals surface area (Å²) in [5.74, 6) is -0.0321. The second-order valence-electron chi connectivity index (χ2n) is 7.03. The number of amides is 1. The summed E-state index contributed by atoms with van der Waals surface area (Å²) in [5, 5.41) is 9.40. The Bertz CT molecular complexity index is 388. The van der Waals surface area contributed by atoms with Gasteiger partial charge in [0.15, 0.2) is 0 Å². The van der Waals surface area contributed by atoms with Crippen LogP contribution >= 0.6 is 0 Å². The molecule has 114 valence electrons. The van der Waals surface area contributed by atoms with Crippen molar-refractivity contribution in [2.45, 2.75) is 64.5 Å². The first-order chi connectivity index (χ1) is 9.28. The second kappa shape index (κ2) is 5.62. The lowest BCUT2D eigenvalue weighted by Crippen LogP contribution is -2.55. The van der Waals surface area contributed by atoms with Crippen molar-refractivity contribution in [3.05, 3.63) is 0 Å². The highest BCUT2D eigenvalue weighted by molar-refractivity contribution is 5.80. The second-order valence-corrected chi connectivity index (χ2v) is 7.03. The predicted octanol–water partition coefficient (Wildman–Crippen LogP) is 2.89. The first-order valence-corrected chi connectivity index (χ1v) is 7.50. The maximum atomic E-state index is 12.2. The summed E-state index contributed by atoms with van der Waals surface area (Å²) in [6.07, 6.45) is 4.63. The van der Waals surface area contributed by atoms with Crippen LogP contribution in [0.15, 0.2) is 0 Å². The summed E-state index contributed by atoms with van der Waals surface area (Å²) < 4.78 is 5.36. The third-order valence-corrected chi connectivity index (χ3v) is 4.31. The molecule has 1 amide bonds. The average molecular weight is 283 g/mol. The van der Waals surface area contributed by atoms with E-state index in [2.05, 4.69) is 0 Å². The summed E-state index contributed by atoms with van der Waals surface area (Å²) in [7, 11) is 0. The number of aliphatic carboxylic acids is 1. The van der Waals surface area contributed by atoms with E-state index in [0.717, 1.165) is 12.8 Å². The Hall–Kier alpha value is -1.26. The van der Waals surface area contributed by atoms with Crippen molar-refractivity contribution in [3.63, 3.8) is 0 Å². The summed E-state index contributed by atoms with van der Waals surface area (Å²) in [5.41, 5.74) is -0.594. The van der Waals surface area contributed by atoms with E-state index in [1.54, 1.807) is 20.8 Å². The lowest BCUT2D eigenvalue weighted by atomic mass is 9.73. The molecule has 2 rings (SSSR count). The highest BCUT2D eigenvalue weighted by Crippen LogP contribution is 2.39. The van der Waals surface area contributed by atoms with Crippen LogP contribution in [0.25, 0.3) is 0 Å². The number of carbonyl (C=O) groups is 2. The minimum atomic E-state index is -0.917. The Morgan fingerprint density at radius 3 is 2.30 bits per heavy atom. The van der Waals surface area contributed by atoms with Crippen LogP contribution in [0.1, 0.15) is 52.9 Å². The summed E-state index contributed by atoms with van der Waals surface area (Å²) >= 11 is 0. The van der Waals surface area contributed by atoms with Gasteiger partial charge in [-0.05, 0) is 45.4 Å². The van der Waals surface area contributed by atoms with Crippen LogP contribution in [0.4, 0.5) is 4.79 Å². The molecule has 5 nitrogen and oxygen atoms in total. The number of nitrogens with zero attached hydrogens (tertiary/aromatic N) is 1. The van der Waals surface area contributed by atoms with Crippen molar-refractivity contribution < 1.29 is 19.4 Å². The summed E-state index contributed by atoms with van der Waals surface area (Å²) in [4.78, 5) is 25.1. The highest BCUT2D eigenvalue weighted by Gasteiger charge is 2.43. The molecule has 1 aliphatic heterocycles. The van der Waals surface area contributed by atoms with Crippen LogP contribution in [-0.4, -0.2) is 40.3 Å². The molecular formula is C15H25NO4. The van der Waals surface area contributed by atoms with Gasteiger partial charge in [0.05, 0.1) is 0 Å². The number of hydrogen-bond acceptors (Lipinski definition) is 3. The van der Waals surface area contributed by atoms with E-state index in [1.807, 2.05) is 0 Å². The number of piperidine rings is 1. The molecule has 0 aromatic carbocycles. The van der Waals surface area contributed by atoms with Crippen molar-refractivity contribution in [2.75, 3.05) is 6.54 Å². The minimum Gasteiger partial charge on any atom is -0.480 e. The molecule has 2 fully saturated rings. The molecule has 0 bridgehead atoms. The van der Waals surface area contributed by atoms with Gasteiger partial charge in [0.25, 0.3) is 0 Å². The van der Waals surface area contributed by atoms with Gasteiger partial charge in [-0.25, -0.2) is 9.59 Å². The fourth-order valence-corrected chi connectivity index (χ4v) is 3.39. The summed E-state index contributed by atoms with van der Waals surface area (Å²) in [6.45, 7) is 5.92. The minimum absolute atomic E-state index is 0.437. The fraction of sp³-hybridized carbons (Fsp3) is 0.867. The molecule has 0 spiro atoms. The Kier molecular flexibility index (Phi) is 4.25. The van der Waals surface area contributed by atoms with Gasteiger partial charge < -0.3 is 9.84 Å². The third kappa shape index (κ3) is 3.44. The maximum Gasteiger partial charge on any atom is 0.411 e. The smallest absolute Gasteiger partial charge is 0.411 e. The molecule has 1 N–H and O–H groups in total. The van der Waals surface area contributed by atoms with Crippen LogP contribution < -0.4 is 0 Å². The Morgan fingerprint density at radius 2 is 1.75 bits per heavy atom. The van der Waals surface area contributed by atoms with E-state index in [-0.39, 0.29) is 0 Å². The molecule has 3 atom stereocenters. The zero-order valence-electron chi connectivity index (χ0n) is 12.6. The number of carboxylic acid groups (broad SMARTS) is 1. The Balaban J connectivity index is 2.11. The molecule has 1 heterocycles. The number of carboxylic acids is 1. The zero-order valence-corrected chi connectivity index (χ0v) is 12.6. The lowest BCUT2D eigenvalue weighted by molar-refractivity contribution is -0.146. The number of ether oxygens (including phenoxy) is 1. The molecule has 1 aliphatic carbocycles. The maximum absolute atomic E-state index is 12.2. The van der Waals surface area contributed by atoms with E-state index >= 15 is 0 Å². The molecule has 1 saturated carbocycles. The quantitative estimate of drug-likeness (QED) is 0.803. The Morgan fingerprint density at radius 1 is 1.15 bits per heavy atom. The number of carbonyl (C=O) groups excluding carboxylic acids is 1. The number of hydrogen-bond donors (Lipinski definition) is 1. The van der Waals surface area contributed by atoms with Gasteiger partial charge in [0.2, 0.25) is 0 Å². The van der Waals surface area contributed by atoms with Crippen molar-refractivity contribution in [1.29, 1.82) is 0 Å². The molecular weight excluding hydrogens is 258 g/mol. The van der Waals surface area contributed by atoms with Gasteiger partial charge in [0, 0.05) is 6.54 Å². The van der Waals surface area contributed by atoms with Gasteiger partial charge in [-0.15, -0.1) is 0 Å². The van der Waals surface area contributed by atoms with Crippen molar-refractivity contribution >= 4 is 12.1 Å². The van der Waals surface area contributed by atoms with Gasteiger partial charge in [-0.2, -0.15) is 0 Å². The van der Waals surface area contributed by atoms with Crippen molar-refractivity contribution in [3.8, 4) is 0 Å².